The van der Waals surface area contributed by atoms with E-state index < -0.39 is 0 Å². The number of benzene rings is 3. The number of aromatic nitrogens is 3. The summed E-state index contributed by atoms with van der Waals surface area (Å²) in [5.41, 5.74) is 4.24. The molecule has 5 heteroatoms. The van der Waals surface area contributed by atoms with E-state index in [0.717, 1.165) is 43.2 Å². The number of rotatable bonds is 1. The van der Waals surface area contributed by atoms with Crippen LogP contribution < -0.4 is 10.4 Å². The van der Waals surface area contributed by atoms with Crippen molar-refractivity contribution in [2.24, 2.45) is 0 Å². The van der Waals surface area contributed by atoms with Gasteiger partial charge in [0.05, 0.1) is 15.9 Å². The van der Waals surface area contributed by atoms with Crippen LogP contribution in [0.3, 0.4) is 0 Å². The fourth-order valence-electron chi connectivity index (χ4n) is 4.21. The van der Waals surface area contributed by atoms with Gasteiger partial charge in [0.1, 0.15) is 5.82 Å². The van der Waals surface area contributed by atoms with Crippen molar-refractivity contribution in [1.29, 1.82) is 0 Å². The van der Waals surface area contributed by atoms with Crippen molar-refractivity contribution in [3.8, 4) is 11.4 Å². The Bertz CT molecular complexity index is 1590. The minimum Gasteiger partial charge on any atom is -0.360 e. The van der Waals surface area contributed by atoms with Crippen LogP contribution >= 0.6 is 31.9 Å². The Kier molecular flexibility index (Phi) is 3.83. The van der Waals surface area contributed by atoms with E-state index >= 15 is 0 Å². The molecule has 140 valence electrons. The van der Waals surface area contributed by atoms with E-state index in [2.05, 4.69) is 103 Å². The quantitative estimate of drug-likeness (QED) is 0.290. The van der Waals surface area contributed by atoms with Crippen LogP contribution in [0, 0.1) is 0 Å². The predicted octanol–water partition coefficient (Wildman–Crippen LogP) is 5.52. The molecule has 0 saturated heterocycles. The van der Waals surface area contributed by atoms with Crippen LogP contribution in [0.15, 0.2) is 65.3 Å². The number of fused-ring (bicyclic) bond motifs is 7. The fraction of sp³-hybridized carbons (Fsp3) is 0.0417. The summed E-state index contributed by atoms with van der Waals surface area (Å²) in [6, 6.07) is 14.8. The number of aromatic amines is 2. The molecule has 3 nitrogen and oxygen atoms in total. The number of imidazole rings is 1. The van der Waals surface area contributed by atoms with E-state index in [4.69, 9.17) is 4.98 Å². The van der Waals surface area contributed by atoms with Gasteiger partial charge in [0.2, 0.25) is 0 Å². The van der Waals surface area contributed by atoms with Crippen molar-refractivity contribution in [2.45, 2.75) is 4.83 Å². The maximum Gasteiger partial charge on any atom is 0.140 e. The lowest BCUT2D eigenvalue weighted by Gasteiger charge is -2.02. The molecule has 1 aliphatic carbocycles. The number of H-pyrrole nitrogens is 2. The van der Waals surface area contributed by atoms with Crippen molar-refractivity contribution in [2.75, 3.05) is 0 Å². The van der Waals surface area contributed by atoms with Crippen molar-refractivity contribution in [1.82, 2.24) is 15.0 Å². The van der Waals surface area contributed by atoms with Gasteiger partial charge in [0.25, 0.3) is 0 Å². The molecule has 0 spiro atoms. The van der Waals surface area contributed by atoms with Crippen LogP contribution in [0.5, 0.6) is 0 Å². The van der Waals surface area contributed by atoms with Crippen molar-refractivity contribution in [3.63, 3.8) is 0 Å². The normalized spacial score (nSPS) is 16.0. The van der Waals surface area contributed by atoms with E-state index in [1.165, 1.54) is 15.8 Å². The Morgan fingerprint density at radius 1 is 0.966 bits per heavy atom. The molecule has 0 saturated carbocycles. The lowest BCUT2D eigenvalue weighted by atomic mass is 10.0. The SMILES string of the molecule is Brc1ccc2[nH]cc(-c3nc4c([nH]3)c3c(c5ccccc54)=CC=CC(Br)C=3)c2c1. The smallest absolute Gasteiger partial charge is 0.140 e. The van der Waals surface area contributed by atoms with Gasteiger partial charge in [-0.1, -0.05) is 80.4 Å². The highest BCUT2D eigenvalue weighted by atomic mass is 79.9. The van der Waals surface area contributed by atoms with E-state index in [9.17, 15) is 0 Å². The Morgan fingerprint density at radius 3 is 2.72 bits per heavy atom. The fourth-order valence-corrected chi connectivity index (χ4v) is 5.01. The zero-order chi connectivity index (χ0) is 19.5. The molecular formula is C24H15Br2N3. The van der Waals surface area contributed by atoms with E-state index in [0.29, 0.717) is 0 Å². The summed E-state index contributed by atoms with van der Waals surface area (Å²) in [4.78, 5) is 12.2. The van der Waals surface area contributed by atoms with Gasteiger partial charge in [0, 0.05) is 37.7 Å². The second-order valence-corrected chi connectivity index (χ2v) is 9.21. The molecule has 2 heterocycles. The zero-order valence-electron chi connectivity index (χ0n) is 15.2. The summed E-state index contributed by atoms with van der Waals surface area (Å²) in [7, 11) is 0. The Hall–Kier alpha value is -2.63. The Labute approximate surface area is 183 Å². The monoisotopic (exact) mass is 503 g/mol. The number of hydrogen-bond acceptors (Lipinski definition) is 1. The maximum atomic E-state index is 5.07. The third-order valence-electron chi connectivity index (χ3n) is 5.52. The molecule has 0 radical (unpaired) electrons. The summed E-state index contributed by atoms with van der Waals surface area (Å²) in [6.07, 6.45) is 10.7. The first-order chi connectivity index (χ1) is 14.2. The molecule has 1 unspecified atom stereocenters. The van der Waals surface area contributed by atoms with Crippen LogP contribution in [0.1, 0.15) is 0 Å². The summed E-state index contributed by atoms with van der Waals surface area (Å²) in [5.74, 6) is 0.875. The molecule has 0 amide bonds. The topological polar surface area (TPSA) is 44.5 Å². The van der Waals surface area contributed by atoms with Gasteiger partial charge in [-0.25, -0.2) is 4.98 Å². The average molecular weight is 505 g/mol. The number of halogens is 2. The predicted molar refractivity (Wildman–Crippen MR) is 129 cm³/mol. The lowest BCUT2D eigenvalue weighted by Crippen LogP contribution is -2.27. The molecule has 1 atom stereocenters. The molecule has 0 fully saturated rings. The van der Waals surface area contributed by atoms with Crippen molar-refractivity contribution < 1.29 is 0 Å². The molecule has 3 aromatic carbocycles. The summed E-state index contributed by atoms with van der Waals surface area (Å²) < 4.78 is 1.05. The largest absolute Gasteiger partial charge is 0.360 e. The zero-order valence-corrected chi connectivity index (χ0v) is 18.4. The first kappa shape index (κ1) is 17.2. The summed E-state index contributed by atoms with van der Waals surface area (Å²) >= 11 is 7.33. The standard InChI is InChI=1S/C24H15Br2N3/c25-13-4-3-7-16-15-5-1-2-6-17(15)22-23(19(16)11-13)29-24(28-22)20-12-27-21-9-8-14(26)10-18(20)21/h1-13,27H,(H,28,29). The second kappa shape index (κ2) is 6.44. The van der Waals surface area contributed by atoms with E-state index in [-0.39, 0.29) is 4.83 Å². The third-order valence-corrected chi connectivity index (χ3v) is 6.58. The molecule has 0 aliphatic heterocycles. The summed E-state index contributed by atoms with van der Waals surface area (Å²) in [6.45, 7) is 0. The number of nitrogens with zero attached hydrogens (tertiary/aromatic N) is 1. The number of nitrogens with one attached hydrogen (secondary N) is 2. The van der Waals surface area contributed by atoms with Crippen LogP contribution in [-0.4, -0.2) is 19.8 Å². The highest BCUT2D eigenvalue weighted by Crippen LogP contribution is 2.31. The number of hydrogen-bond donors (Lipinski definition) is 2. The Balaban J connectivity index is 1.77. The van der Waals surface area contributed by atoms with Gasteiger partial charge < -0.3 is 9.97 Å². The molecule has 29 heavy (non-hydrogen) atoms. The van der Waals surface area contributed by atoms with Crippen LogP contribution in [0.4, 0.5) is 0 Å². The van der Waals surface area contributed by atoms with Gasteiger partial charge in [-0.2, -0.15) is 0 Å². The van der Waals surface area contributed by atoms with Crippen molar-refractivity contribution >= 4 is 76.7 Å². The first-order valence-corrected chi connectivity index (χ1v) is 11.1. The number of allylic oxidation sites excluding steroid dienone is 2. The molecule has 2 N–H and O–H groups in total. The van der Waals surface area contributed by atoms with Crippen molar-refractivity contribution in [3.05, 3.63) is 75.7 Å². The second-order valence-electron chi connectivity index (χ2n) is 7.24. The minimum absolute atomic E-state index is 0.181. The maximum absolute atomic E-state index is 5.07. The number of alkyl halides is 1. The molecule has 5 aromatic rings. The first-order valence-electron chi connectivity index (χ1n) is 9.41. The highest BCUT2D eigenvalue weighted by molar-refractivity contribution is 9.10. The highest BCUT2D eigenvalue weighted by Gasteiger charge is 2.15. The van der Waals surface area contributed by atoms with Crippen LogP contribution in [-0.2, 0) is 0 Å². The third kappa shape index (κ3) is 2.65. The van der Waals surface area contributed by atoms with E-state index in [1.807, 2.05) is 12.3 Å². The van der Waals surface area contributed by atoms with Crippen LogP contribution in [0.25, 0.3) is 56.2 Å². The molecule has 2 aromatic heterocycles. The van der Waals surface area contributed by atoms with Gasteiger partial charge in [-0.15, -0.1) is 0 Å². The van der Waals surface area contributed by atoms with E-state index in [1.54, 1.807) is 0 Å². The van der Waals surface area contributed by atoms with Gasteiger partial charge >= 0.3 is 0 Å². The molecule has 0 bridgehead atoms. The molecular weight excluding hydrogens is 490 g/mol. The van der Waals surface area contributed by atoms with Gasteiger partial charge in [-0.05, 0) is 28.8 Å². The lowest BCUT2D eigenvalue weighted by molar-refractivity contribution is 1.34. The summed E-state index contributed by atoms with van der Waals surface area (Å²) in [5, 5.41) is 5.94. The average Bonchev–Trinajstić information content (AvgIpc) is 3.28. The van der Waals surface area contributed by atoms with Crippen LogP contribution in [0.2, 0.25) is 0 Å². The molecule has 1 aliphatic rings. The molecule has 6 rings (SSSR count). The van der Waals surface area contributed by atoms with Gasteiger partial charge in [0.15, 0.2) is 0 Å². The van der Waals surface area contributed by atoms with Gasteiger partial charge in [-0.3, -0.25) is 0 Å². The minimum atomic E-state index is 0.181. The Morgan fingerprint density at radius 2 is 1.83 bits per heavy atom.